The SMILES string of the molecule is COc1ccc(NC(=S)N(CCCN(C)C)Cc2cccs2)cc1. The summed E-state index contributed by atoms with van der Waals surface area (Å²) in [5.74, 6) is 0.841. The molecule has 2 aromatic rings. The van der Waals surface area contributed by atoms with E-state index in [1.165, 1.54) is 4.88 Å². The highest BCUT2D eigenvalue weighted by molar-refractivity contribution is 7.80. The lowest BCUT2D eigenvalue weighted by Gasteiger charge is -2.26. The van der Waals surface area contributed by atoms with Gasteiger partial charge >= 0.3 is 0 Å². The summed E-state index contributed by atoms with van der Waals surface area (Å²) in [6.07, 6.45) is 1.07. The number of rotatable bonds is 8. The molecule has 0 spiro atoms. The Hall–Kier alpha value is -1.63. The summed E-state index contributed by atoms with van der Waals surface area (Å²) in [4.78, 5) is 5.75. The van der Waals surface area contributed by atoms with Gasteiger partial charge in [-0.15, -0.1) is 11.3 Å². The van der Waals surface area contributed by atoms with Crippen molar-refractivity contribution in [3.05, 3.63) is 46.7 Å². The first kappa shape index (κ1) is 18.7. The number of anilines is 1. The lowest BCUT2D eigenvalue weighted by atomic mass is 10.3. The molecule has 1 aromatic carbocycles. The lowest BCUT2D eigenvalue weighted by Crippen LogP contribution is -2.35. The van der Waals surface area contributed by atoms with E-state index >= 15 is 0 Å². The molecule has 1 heterocycles. The molecule has 0 saturated carbocycles. The molecule has 0 radical (unpaired) electrons. The smallest absolute Gasteiger partial charge is 0.173 e. The first-order valence-corrected chi connectivity index (χ1v) is 9.24. The number of hydrogen-bond donors (Lipinski definition) is 1. The van der Waals surface area contributed by atoms with E-state index in [2.05, 4.69) is 46.7 Å². The van der Waals surface area contributed by atoms with Crippen molar-refractivity contribution in [1.29, 1.82) is 0 Å². The Bertz CT molecular complexity index is 612. The van der Waals surface area contributed by atoms with E-state index in [0.29, 0.717) is 0 Å². The predicted octanol–water partition coefficient (Wildman–Crippen LogP) is 3.91. The van der Waals surface area contributed by atoms with Gasteiger partial charge in [-0.05, 0) is 75.0 Å². The number of ether oxygens (including phenoxy) is 1. The van der Waals surface area contributed by atoms with Gasteiger partial charge in [-0.25, -0.2) is 0 Å². The minimum atomic E-state index is 0.757. The average molecular weight is 364 g/mol. The Morgan fingerprint density at radius 2 is 1.92 bits per heavy atom. The molecule has 0 aliphatic heterocycles. The number of thiophene rings is 1. The summed E-state index contributed by atoms with van der Waals surface area (Å²) in [7, 11) is 5.86. The molecule has 0 aliphatic carbocycles. The number of hydrogen-bond acceptors (Lipinski definition) is 4. The molecule has 1 N–H and O–H groups in total. The molecule has 2 rings (SSSR count). The van der Waals surface area contributed by atoms with Crippen molar-refractivity contribution in [2.75, 3.05) is 39.6 Å². The van der Waals surface area contributed by atoms with Gasteiger partial charge in [0.05, 0.1) is 13.7 Å². The van der Waals surface area contributed by atoms with Crippen LogP contribution in [0.15, 0.2) is 41.8 Å². The minimum Gasteiger partial charge on any atom is -0.497 e. The van der Waals surface area contributed by atoms with Gasteiger partial charge in [0.15, 0.2) is 5.11 Å². The number of nitrogens with one attached hydrogen (secondary N) is 1. The van der Waals surface area contributed by atoms with Gasteiger partial charge in [0.25, 0.3) is 0 Å². The Labute approximate surface area is 154 Å². The fourth-order valence-electron chi connectivity index (χ4n) is 2.30. The van der Waals surface area contributed by atoms with Gasteiger partial charge in [-0.3, -0.25) is 0 Å². The summed E-state index contributed by atoms with van der Waals surface area (Å²) in [6, 6.07) is 12.1. The van der Waals surface area contributed by atoms with Gasteiger partial charge in [0, 0.05) is 17.1 Å². The van der Waals surface area contributed by atoms with E-state index in [9.17, 15) is 0 Å². The molecule has 1 aromatic heterocycles. The van der Waals surface area contributed by atoms with Crippen LogP contribution < -0.4 is 10.1 Å². The zero-order chi connectivity index (χ0) is 17.4. The standard InChI is InChI=1S/C18H25N3OS2/c1-20(2)11-5-12-21(14-17-6-4-13-24-17)18(23)19-15-7-9-16(22-3)10-8-15/h4,6-10,13H,5,11-12,14H2,1-3H3,(H,19,23). The fraction of sp³-hybridized carbons (Fsp3) is 0.389. The van der Waals surface area contributed by atoms with E-state index in [1.807, 2.05) is 24.3 Å². The van der Waals surface area contributed by atoms with Gasteiger partial charge < -0.3 is 19.9 Å². The van der Waals surface area contributed by atoms with Crippen LogP contribution >= 0.6 is 23.6 Å². The van der Waals surface area contributed by atoms with Crippen LogP contribution in [0.25, 0.3) is 0 Å². The molecule has 0 fully saturated rings. The predicted molar refractivity (Wildman–Crippen MR) is 107 cm³/mol. The summed E-state index contributed by atoms with van der Waals surface area (Å²) in [6.45, 7) is 2.82. The first-order valence-electron chi connectivity index (χ1n) is 7.95. The quantitative estimate of drug-likeness (QED) is 0.718. The zero-order valence-electron chi connectivity index (χ0n) is 14.5. The van der Waals surface area contributed by atoms with Crippen LogP contribution in [-0.4, -0.2) is 49.2 Å². The average Bonchev–Trinajstić information content (AvgIpc) is 3.07. The largest absolute Gasteiger partial charge is 0.497 e. The van der Waals surface area contributed by atoms with Crippen molar-refractivity contribution in [1.82, 2.24) is 9.80 Å². The van der Waals surface area contributed by atoms with Crippen molar-refractivity contribution in [3.8, 4) is 5.75 Å². The van der Waals surface area contributed by atoms with Crippen LogP contribution in [0.1, 0.15) is 11.3 Å². The van der Waals surface area contributed by atoms with E-state index in [-0.39, 0.29) is 0 Å². The summed E-state index contributed by atoms with van der Waals surface area (Å²) in [5, 5.41) is 6.20. The third-order valence-corrected chi connectivity index (χ3v) is 4.81. The summed E-state index contributed by atoms with van der Waals surface area (Å²) in [5.41, 5.74) is 0.976. The Morgan fingerprint density at radius 1 is 1.17 bits per heavy atom. The highest BCUT2D eigenvalue weighted by Gasteiger charge is 2.11. The second-order valence-electron chi connectivity index (χ2n) is 5.82. The minimum absolute atomic E-state index is 0.757. The zero-order valence-corrected chi connectivity index (χ0v) is 16.1. The third kappa shape index (κ3) is 6.11. The van der Waals surface area contributed by atoms with Crippen molar-refractivity contribution in [2.24, 2.45) is 0 Å². The second-order valence-corrected chi connectivity index (χ2v) is 7.24. The number of nitrogens with zero attached hydrogens (tertiary/aromatic N) is 2. The number of thiocarbonyl (C=S) groups is 1. The molecule has 0 bridgehead atoms. The maximum atomic E-state index is 5.65. The molecule has 0 unspecified atom stereocenters. The van der Waals surface area contributed by atoms with Crippen molar-refractivity contribution in [2.45, 2.75) is 13.0 Å². The van der Waals surface area contributed by atoms with Crippen molar-refractivity contribution < 1.29 is 4.74 Å². The summed E-state index contributed by atoms with van der Waals surface area (Å²) < 4.78 is 5.19. The van der Waals surface area contributed by atoms with E-state index in [1.54, 1.807) is 18.4 Å². The van der Waals surface area contributed by atoms with Gasteiger partial charge in [0.1, 0.15) is 5.75 Å². The molecule has 0 saturated heterocycles. The topological polar surface area (TPSA) is 27.7 Å². The molecular formula is C18H25N3OS2. The maximum absolute atomic E-state index is 5.65. The molecule has 0 atom stereocenters. The van der Waals surface area contributed by atoms with E-state index < -0.39 is 0 Å². The van der Waals surface area contributed by atoms with Gasteiger partial charge in [-0.2, -0.15) is 0 Å². The molecular weight excluding hydrogens is 338 g/mol. The van der Waals surface area contributed by atoms with Crippen molar-refractivity contribution in [3.63, 3.8) is 0 Å². The summed E-state index contributed by atoms with van der Waals surface area (Å²) >= 11 is 7.41. The van der Waals surface area contributed by atoms with Gasteiger partial charge in [-0.1, -0.05) is 6.07 Å². The molecule has 6 heteroatoms. The highest BCUT2D eigenvalue weighted by atomic mass is 32.1. The monoisotopic (exact) mass is 363 g/mol. The van der Waals surface area contributed by atoms with Crippen LogP contribution in [0.3, 0.4) is 0 Å². The second kappa shape index (κ2) is 9.61. The molecule has 0 aliphatic rings. The van der Waals surface area contributed by atoms with Crippen LogP contribution in [-0.2, 0) is 6.54 Å². The first-order chi connectivity index (χ1) is 11.6. The van der Waals surface area contributed by atoms with E-state index in [0.717, 1.165) is 42.6 Å². The van der Waals surface area contributed by atoms with Crippen LogP contribution in [0, 0.1) is 0 Å². The molecule has 0 amide bonds. The molecule has 130 valence electrons. The van der Waals surface area contributed by atoms with Gasteiger partial charge in [0.2, 0.25) is 0 Å². The molecule has 24 heavy (non-hydrogen) atoms. The van der Waals surface area contributed by atoms with Crippen LogP contribution in [0.4, 0.5) is 5.69 Å². The van der Waals surface area contributed by atoms with Crippen molar-refractivity contribution >= 4 is 34.4 Å². The Morgan fingerprint density at radius 3 is 2.50 bits per heavy atom. The highest BCUT2D eigenvalue weighted by Crippen LogP contribution is 2.17. The Kier molecular flexibility index (Phi) is 7.49. The fourth-order valence-corrected chi connectivity index (χ4v) is 3.29. The molecule has 4 nitrogen and oxygen atoms in total. The Balaban J connectivity index is 1.98. The maximum Gasteiger partial charge on any atom is 0.173 e. The lowest BCUT2D eigenvalue weighted by molar-refractivity contribution is 0.347. The van der Waals surface area contributed by atoms with E-state index in [4.69, 9.17) is 17.0 Å². The normalized spacial score (nSPS) is 10.7. The number of methoxy groups -OCH3 is 1. The number of benzene rings is 1. The van der Waals surface area contributed by atoms with Crippen LogP contribution in [0.5, 0.6) is 5.75 Å². The third-order valence-electron chi connectivity index (χ3n) is 3.59. The van der Waals surface area contributed by atoms with Crippen LogP contribution in [0.2, 0.25) is 0 Å².